The zero-order valence-electron chi connectivity index (χ0n) is 43.9. The molecule has 3 saturated heterocycles. The first-order valence-corrected chi connectivity index (χ1v) is 26.0. The molecule has 6 heterocycles. The lowest BCUT2D eigenvalue weighted by Crippen LogP contribution is -2.47. The quantitative estimate of drug-likeness (QED) is 0.144. The summed E-state index contributed by atoms with van der Waals surface area (Å²) in [6.07, 6.45) is 5.54. The summed E-state index contributed by atoms with van der Waals surface area (Å²) in [7, 11) is 4.28. The van der Waals surface area contributed by atoms with Crippen LogP contribution in [0.1, 0.15) is 184 Å². The molecule has 4 aliphatic rings. The van der Waals surface area contributed by atoms with Crippen LogP contribution in [0.15, 0.2) is 0 Å². The van der Waals surface area contributed by atoms with E-state index in [9.17, 15) is 5.11 Å². The Bertz CT molecular complexity index is 2010. The molecule has 4 fully saturated rings. The van der Waals surface area contributed by atoms with E-state index in [4.69, 9.17) is 20.0 Å². The molecule has 12 heteroatoms. The Morgan fingerprint density at radius 2 is 1.20 bits per heavy atom. The Morgan fingerprint density at radius 3 is 1.74 bits per heavy atom. The minimum absolute atomic E-state index is 0.00278. The Balaban J connectivity index is 0.955. The number of nitrogens with zero attached hydrogens (tertiary/aromatic N) is 10. The van der Waals surface area contributed by atoms with Crippen LogP contribution in [0.25, 0.3) is 0 Å². The monoisotopic (exact) mass is 901 g/mol. The lowest BCUT2D eigenvalue weighted by Gasteiger charge is -2.35. The van der Waals surface area contributed by atoms with Crippen LogP contribution in [0.4, 0.5) is 0 Å². The SMILES string of the molecule is CC(C)CN1CCN(Cc2nn(C)c([C@@H](C)CC3CC(Cn4nc(CO)c(CC5CC5N5CCN(Cc6nn(C)c(C(C)C)c6C(C)(C)C)CC5)c4C(C)C)CCO3)c2C(C)(C)C)CC1. The Kier molecular flexibility index (Phi) is 15.9. The van der Waals surface area contributed by atoms with Crippen molar-refractivity contribution in [1.29, 1.82) is 0 Å². The molecule has 65 heavy (non-hydrogen) atoms. The van der Waals surface area contributed by atoms with Gasteiger partial charge in [0.15, 0.2) is 0 Å². The molecule has 1 saturated carbocycles. The molecule has 1 aliphatic carbocycles. The van der Waals surface area contributed by atoms with Crippen molar-refractivity contribution in [3.8, 4) is 0 Å². The molecule has 3 aromatic rings. The van der Waals surface area contributed by atoms with Gasteiger partial charge in [0.1, 0.15) is 0 Å². The fourth-order valence-electron chi connectivity index (χ4n) is 12.5. The average molecular weight is 901 g/mol. The molecule has 0 radical (unpaired) electrons. The molecule has 3 aromatic heterocycles. The van der Waals surface area contributed by atoms with E-state index >= 15 is 0 Å². The van der Waals surface area contributed by atoms with Crippen molar-refractivity contribution in [2.75, 3.05) is 65.5 Å². The number of aliphatic hydroxyl groups is 1. The molecule has 0 spiro atoms. The topological polar surface area (TPSA) is 95.9 Å². The third-order valence-electron chi connectivity index (χ3n) is 15.3. The van der Waals surface area contributed by atoms with E-state index in [-0.39, 0.29) is 23.5 Å². The fraction of sp³-hybridized carbons (Fsp3) is 0.830. The number of rotatable bonds is 17. The van der Waals surface area contributed by atoms with Gasteiger partial charge in [0.2, 0.25) is 0 Å². The van der Waals surface area contributed by atoms with Gasteiger partial charge in [0.25, 0.3) is 0 Å². The number of ether oxygens (including phenoxy) is 1. The van der Waals surface area contributed by atoms with Crippen molar-refractivity contribution < 1.29 is 9.84 Å². The molecule has 0 bridgehead atoms. The highest BCUT2D eigenvalue weighted by atomic mass is 16.5. The summed E-state index contributed by atoms with van der Waals surface area (Å²) in [6.45, 7) is 44.0. The normalized spacial score (nSPS) is 24.0. The minimum atomic E-state index is 0.00278. The van der Waals surface area contributed by atoms with E-state index in [1.54, 1.807) is 0 Å². The molecule has 12 nitrogen and oxygen atoms in total. The number of piperazine rings is 2. The largest absolute Gasteiger partial charge is 0.390 e. The first-order chi connectivity index (χ1) is 30.6. The minimum Gasteiger partial charge on any atom is -0.390 e. The number of hydrogen-bond acceptors (Lipinski definition) is 9. The maximum absolute atomic E-state index is 10.7. The summed E-state index contributed by atoms with van der Waals surface area (Å²) in [5.41, 5.74) is 11.8. The van der Waals surface area contributed by atoms with Crippen LogP contribution in [0.3, 0.4) is 0 Å². The van der Waals surface area contributed by atoms with Gasteiger partial charge in [0, 0.05) is 139 Å². The van der Waals surface area contributed by atoms with Crippen LogP contribution in [0.2, 0.25) is 0 Å². The standard InChI is InChI=1S/C53H92N10O2/c1-35(2)30-59-17-19-60(20-18-59)33-44-48(53(11,12)13)51(58(15)55-44)38(7)26-41-27-39(16-25-65-41)31-63-49(36(3)4)42(45(34-64)56-63)28-40-29-46(40)62-23-21-61(22-24-62)32-43-47(52(8,9)10)50(37(5)6)57(14)54-43/h35-41,46,64H,16-34H2,1-15H3/t38-,39?,40?,41?,46?/m0/s1. The van der Waals surface area contributed by atoms with E-state index in [1.165, 1.54) is 58.1 Å². The van der Waals surface area contributed by atoms with Gasteiger partial charge >= 0.3 is 0 Å². The number of aromatic nitrogens is 6. The van der Waals surface area contributed by atoms with Crippen molar-refractivity contribution >= 4 is 0 Å². The first kappa shape index (κ1) is 50.3. The summed E-state index contributed by atoms with van der Waals surface area (Å²) in [5.74, 6) is 2.95. The smallest absolute Gasteiger partial charge is 0.0913 e. The summed E-state index contributed by atoms with van der Waals surface area (Å²) in [5, 5.41) is 26.2. The Hall–Kier alpha value is -2.61. The fourth-order valence-corrected chi connectivity index (χ4v) is 12.5. The van der Waals surface area contributed by atoms with Gasteiger partial charge in [0.05, 0.1) is 29.8 Å². The first-order valence-electron chi connectivity index (χ1n) is 26.0. The van der Waals surface area contributed by atoms with Crippen LogP contribution >= 0.6 is 0 Å². The third-order valence-corrected chi connectivity index (χ3v) is 15.3. The van der Waals surface area contributed by atoms with E-state index in [1.807, 2.05) is 0 Å². The molecule has 1 N–H and O–H groups in total. The summed E-state index contributed by atoms with van der Waals surface area (Å²) in [6, 6.07) is 0.623. The summed E-state index contributed by atoms with van der Waals surface area (Å²) >= 11 is 0. The second kappa shape index (κ2) is 20.5. The second-order valence-corrected chi connectivity index (χ2v) is 24.2. The predicted octanol–water partition coefficient (Wildman–Crippen LogP) is 8.20. The van der Waals surface area contributed by atoms with Gasteiger partial charge in [-0.05, 0) is 78.1 Å². The molecule has 0 aromatic carbocycles. The zero-order chi connectivity index (χ0) is 47.1. The van der Waals surface area contributed by atoms with Crippen molar-refractivity contribution in [3.63, 3.8) is 0 Å². The number of hydrogen-bond donors (Lipinski definition) is 1. The van der Waals surface area contributed by atoms with E-state index < -0.39 is 0 Å². The van der Waals surface area contributed by atoms with Gasteiger partial charge in [-0.15, -0.1) is 0 Å². The summed E-state index contributed by atoms with van der Waals surface area (Å²) in [4.78, 5) is 10.6. The lowest BCUT2D eigenvalue weighted by molar-refractivity contribution is -0.0205. The predicted molar refractivity (Wildman–Crippen MR) is 265 cm³/mol. The third kappa shape index (κ3) is 11.8. The average Bonchev–Trinajstić information content (AvgIpc) is 3.58. The molecule has 7 rings (SSSR count). The molecule has 0 amide bonds. The molecular formula is C53H92N10O2. The van der Waals surface area contributed by atoms with Gasteiger partial charge in [-0.25, -0.2) is 0 Å². The summed E-state index contributed by atoms with van der Waals surface area (Å²) < 4.78 is 13.2. The number of aryl methyl sites for hydroxylation is 2. The molecule has 5 atom stereocenters. The number of aliphatic hydroxyl groups excluding tert-OH is 1. The van der Waals surface area contributed by atoms with Gasteiger partial charge in [-0.2, -0.15) is 15.3 Å². The Labute approximate surface area is 394 Å². The van der Waals surface area contributed by atoms with Gasteiger partial charge in [-0.1, -0.05) is 90.0 Å². The van der Waals surface area contributed by atoms with Crippen LogP contribution in [0.5, 0.6) is 0 Å². The molecule has 3 aliphatic heterocycles. The van der Waals surface area contributed by atoms with E-state index in [0.29, 0.717) is 41.5 Å². The maximum atomic E-state index is 10.7. The van der Waals surface area contributed by atoms with Crippen molar-refractivity contribution in [2.45, 2.75) is 189 Å². The highest BCUT2D eigenvalue weighted by molar-refractivity contribution is 5.37. The Morgan fingerprint density at radius 1 is 0.662 bits per heavy atom. The van der Waals surface area contributed by atoms with E-state index in [0.717, 1.165) is 110 Å². The van der Waals surface area contributed by atoms with Crippen molar-refractivity contribution in [1.82, 2.24) is 48.9 Å². The molecule has 366 valence electrons. The highest BCUT2D eigenvalue weighted by Crippen LogP contribution is 2.43. The van der Waals surface area contributed by atoms with Gasteiger partial charge in [-0.3, -0.25) is 28.7 Å². The molecule has 4 unspecified atom stereocenters. The van der Waals surface area contributed by atoms with Gasteiger partial charge < -0.3 is 14.7 Å². The molecular weight excluding hydrogens is 809 g/mol. The van der Waals surface area contributed by atoms with Crippen molar-refractivity contribution in [3.05, 3.63) is 50.9 Å². The van der Waals surface area contributed by atoms with Crippen LogP contribution < -0.4 is 0 Å². The van der Waals surface area contributed by atoms with Crippen LogP contribution in [-0.2, 0) is 62.3 Å². The lowest BCUT2D eigenvalue weighted by atomic mass is 9.80. The maximum Gasteiger partial charge on any atom is 0.0913 e. The second-order valence-electron chi connectivity index (χ2n) is 24.2. The van der Waals surface area contributed by atoms with Crippen molar-refractivity contribution in [2.24, 2.45) is 31.8 Å². The van der Waals surface area contributed by atoms with Crippen LogP contribution in [-0.4, -0.2) is 132 Å². The zero-order valence-corrected chi connectivity index (χ0v) is 43.9. The van der Waals surface area contributed by atoms with E-state index in [2.05, 4.69) is 138 Å². The highest BCUT2D eigenvalue weighted by Gasteiger charge is 2.44. The van der Waals surface area contributed by atoms with Crippen LogP contribution in [0, 0.1) is 17.8 Å².